The molecular formula is C46H57ClN2O8. The number of carbonyl (C=O) groups is 5. The third-order valence-electron chi connectivity index (χ3n) is 8.24. The average Bonchev–Trinajstić information content (AvgIpc) is 3.19. The minimum Gasteiger partial charge on any atom is -0.478 e. The zero-order valence-electron chi connectivity index (χ0n) is 33.7. The smallest absolute Gasteiger partial charge is 0.332 e. The van der Waals surface area contributed by atoms with Crippen molar-refractivity contribution >= 4 is 41.1 Å². The predicted molar refractivity (Wildman–Crippen MR) is 226 cm³/mol. The molecule has 10 nitrogen and oxygen atoms in total. The van der Waals surface area contributed by atoms with Crippen LogP contribution in [-0.4, -0.2) is 60.9 Å². The van der Waals surface area contributed by atoms with Gasteiger partial charge in [0, 0.05) is 22.6 Å². The van der Waals surface area contributed by atoms with Gasteiger partial charge in [0.25, 0.3) is 5.91 Å². The van der Waals surface area contributed by atoms with Crippen molar-refractivity contribution in [3.05, 3.63) is 138 Å². The Morgan fingerprint density at radius 1 is 0.719 bits per heavy atom. The Labute approximate surface area is 342 Å². The first-order valence-electron chi connectivity index (χ1n) is 19.2. The van der Waals surface area contributed by atoms with Crippen molar-refractivity contribution in [3.63, 3.8) is 0 Å². The van der Waals surface area contributed by atoms with Crippen LogP contribution in [0.4, 0.5) is 0 Å². The largest absolute Gasteiger partial charge is 0.478 e. The zero-order chi connectivity index (χ0) is 41.9. The number of amides is 2. The summed E-state index contributed by atoms with van der Waals surface area (Å²) in [4.78, 5) is 63.5. The van der Waals surface area contributed by atoms with E-state index in [4.69, 9.17) is 25.8 Å². The number of ether oxygens (including phenoxy) is 3. The lowest BCUT2D eigenvalue weighted by atomic mass is 10.0. The molecule has 2 aromatic carbocycles. The summed E-state index contributed by atoms with van der Waals surface area (Å²) in [6.07, 6.45) is 30.4. The SMILES string of the molecule is CC/C=C\C/C=C\C/C=C\C/C=C\C/C=C\C/C=C\CCC(=O)NCC(=O)OC(C)C(NC(=O)C(C)(C)Oc1ccc(C(=O)c2ccc(Cl)cc2)cc1)C(=O)OC. The molecule has 0 fully saturated rings. The lowest BCUT2D eigenvalue weighted by Crippen LogP contribution is -2.56. The van der Waals surface area contributed by atoms with E-state index in [1.165, 1.54) is 20.8 Å². The molecular weight excluding hydrogens is 744 g/mol. The van der Waals surface area contributed by atoms with E-state index in [1.807, 2.05) is 12.2 Å². The summed E-state index contributed by atoms with van der Waals surface area (Å²) in [5, 5.41) is 5.57. The first-order chi connectivity index (χ1) is 27.4. The van der Waals surface area contributed by atoms with Gasteiger partial charge in [-0.15, -0.1) is 0 Å². The van der Waals surface area contributed by atoms with Crippen LogP contribution in [0.5, 0.6) is 5.75 Å². The van der Waals surface area contributed by atoms with Gasteiger partial charge in [-0.3, -0.25) is 19.2 Å². The van der Waals surface area contributed by atoms with Gasteiger partial charge in [-0.25, -0.2) is 4.79 Å². The van der Waals surface area contributed by atoms with Crippen LogP contribution < -0.4 is 15.4 Å². The van der Waals surface area contributed by atoms with Gasteiger partial charge in [0.2, 0.25) is 5.91 Å². The molecule has 0 spiro atoms. The molecule has 0 heterocycles. The van der Waals surface area contributed by atoms with E-state index < -0.39 is 42.1 Å². The molecule has 0 aromatic heterocycles. The van der Waals surface area contributed by atoms with Crippen LogP contribution in [-0.2, 0) is 28.7 Å². The third-order valence-corrected chi connectivity index (χ3v) is 8.49. The minimum atomic E-state index is -1.49. The average molecular weight is 801 g/mol. The van der Waals surface area contributed by atoms with Gasteiger partial charge >= 0.3 is 11.9 Å². The minimum absolute atomic E-state index is 0.183. The van der Waals surface area contributed by atoms with Crippen LogP contribution in [0, 0.1) is 0 Å². The van der Waals surface area contributed by atoms with Gasteiger partial charge in [0.15, 0.2) is 17.4 Å². The summed E-state index contributed by atoms with van der Waals surface area (Å²) < 4.78 is 16.1. The molecule has 0 aliphatic carbocycles. The van der Waals surface area contributed by atoms with Crippen LogP contribution in [0.2, 0.25) is 5.02 Å². The fourth-order valence-electron chi connectivity index (χ4n) is 5.02. The fourth-order valence-corrected chi connectivity index (χ4v) is 5.15. The molecule has 2 amide bonds. The predicted octanol–water partition coefficient (Wildman–Crippen LogP) is 8.91. The van der Waals surface area contributed by atoms with E-state index in [9.17, 15) is 24.0 Å². The van der Waals surface area contributed by atoms with E-state index in [0.717, 1.165) is 45.6 Å². The van der Waals surface area contributed by atoms with E-state index in [2.05, 4.69) is 78.3 Å². The summed E-state index contributed by atoms with van der Waals surface area (Å²) in [6.45, 7) is 6.13. The normalized spacial score (nSPS) is 13.2. The lowest BCUT2D eigenvalue weighted by Gasteiger charge is -2.29. The quantitative estimate of drug-likeness (QED) is 0.0577. The van der Waals surface area contributed by atoms with Crippen molar-refractivity contribution in [1.29, 1.82) is 0 Å². The van der Waals surface area contributed by atoms with Crippen LogP contribution in [0.3, 0.4) is 0 Å². The maximum atomic E-state index is 13.3. The van der Waals surface area contributed by atoms with Crippen molar-refractivity contribution in [2.24, 2.45) is 0 Å². The second-order valence-corrected chi connectivity index (χ2v) is 13.8. The number of carbonyl (C=O) groups excluding carboxylic acids is 5. The molecule has 0 saturated carbocycles. The van der Waals surface area contributed by atoms with E-state index >= 15 is 0 Å². The number of nitrogens with one attached hydrogen (secondary N) is 2. The number of halogens is 1. The first-order valence-corrected chi connectivity index (χ1v) is 19.6. The van der Waals surface area contributed by atoms with Crippen LogP contribution in [0.15, 0.2) is 121 Å². The maximum Gasteiger partial charge on any atom is 0.332 e. The summed E-state index contributed by atoms with van der Waals surface area (Å²) in [6, 6.07) is 11.4. The highest BCUT2D eigenvalue weighted by Crippen LogP contribution is 2.22. The van der Waals surface area contributed by atoms with Gasteiger partial charge < -0.3 is 24.8 Å². The Balaban J connectivity index is 1.71. The van der Waals surface area contributed by atoms with Gasteiger partial charge in [-0.2, -0.15) is 0 Å². The Kier molecular flexibility index (Phi) is 22.7. The highest BCUT2D eigenvalue weighted by atomic mass is 35.5. The molecule has 0 aliphatic rings. The molecule has 2 aromatic rings. The van der Waals surface area contributed by atoms with Gasteiger partial charge in [0.1, 0.15) is 18.4 Å². The number of rotatable bonds is 25. The number of ketones is 1. The molecule has 2 rings (SSSR count). The monoisotopic (exact) mass is 800 g/mol. The molecule has 2 atom stereocenters. The Morgan fingerprint density at radius 3 is 1.68 bits per heavy atom. The number of esters is 2. The molecule has 0 saturated heterocycles. The summed E-state index contributed by atoms with van der Waals surface area (Å²) >= 11 is 5.92. The zero-order valence-corrected chi connectivity index (χ0v) is 34.5. The van der Waals surface area contributed by atoms with E-state index in [0.29, 0.717) is 28.3 Å². The molecule has 0 bridgehead atoms. The van der Waals surface area contributed by atoms with Gasteiger partial charge in [-0.05, 0) is 114 Å². The summed E-state index contributed by atoms with van der Waals surface area (Å²) in [5.74, 6) is -2.57. The molecule has 306 valence electrons. The molecule has 0 aliphatic heterocycles. The number of hydrogen-bond donors (Lipinski definition) is 2. The maximum absolute atomic E-state index is 13.3. The topological polar surface area (TPSA) is 137 Å². The van der Waals surface area contributed by atoms with E-state index in [-0.39, 0.29) is 18.1 Å². The summed E-state index contributed by atoms with van der Waals surface area (Å²) in [5.41, 5.74) is -0.611. The van der Waals surface area contributed by atoms with Crippen molar-refractivity contribution in [2.75, 3.05) is 13.7 Å². The molecule has 0 radical (unpaired) electrons. The first kappa shape index (κ1) is 47.7. The second-order valence-electron chi connectivity index (χ2n) is 13.4. The number of allylic oxidation sites excluding steroid dienone is 12. The van der Waals surface area contributed by atoms with Crippen molar-refractivity contribution in [3.8, 4) is 5.75 Å². The standard InChI is InChI=1S/C46H57ClN2O8/c1-6-7-8-9-10-11-12-13-14-15-16-17-18-19-20-21-22-23-24-25-40(50)48-34-41(51)56-35(2)42(44(53)55-5)49-45(54)46(3,4)57-39-32-28-37(29-33-39)43(52)36-26-30-38(47)31-27-36/h7-8,10-11,13-14,16-17,19-20,22-23,26-33,35,42H,6,9,12,15,18,21,24-25,34H2,1-5H3,(H,48,50)(H,49,54)/b8-7-,11-10-,14-13-,17-16-,20-19-,23-22-. The second kappa shape index (κ2) is 27.2. The molecule has 2 unspecified atom stereocenters. The van der Waals surface area contributed by atoms with Crippen LogP contribution in [0.1, 0.15) is 95.0 Å². The number of benzene rings is 2. The van der Waals surface area contributed by atoms with E-state index in [1.54, 1.807) is 48.5 Å². The van der Waals surface area contributed by atoms with Gasteiger partial charge in [0.05, 0.1) is 7.11 Å². The fraction of sp³-hybridized carbons (Fsp3) is 0.370. The lowest BCUT2D eigenvalue weighted by molar-refractivity contribution is -0.159. The number of hydrogen-bond acceptors (Lipinski definition) is 8. The third kappa shape index (κ3) is 19.8. The van der Waals surface area contributed by atoms with Crippen molar-refractivity contribution in [1.82, 2.24) is 10.6 Å². The van der Waals surface area contributed by atoms with Crippen molar-refractivity contribution in [2.45, 2.75) is 96.8 Å². The van der Waals surface area contributed by atoms with Gasteiger partial charge in [-0.1, -0.05) is 91.4 Å². The van der Waals surface area contributed by atoms with Crippen molar-refractivity contribution < 1.29 is 38.2 Å². The van der Waals surface area contributed by atoms with Crippen LogP contribution >= 0.6 is 11.6 Å². The van der Waals surface area contributed by atoms with Crippen LogP contribution in [0.25, 0.3) is 0 Å². The Morgan fingerprint density at radius 2 is 1.19 bits per heavy atom. The number of methoxy groups -OCH3 is 1. The Bertz CT molecular complexity index is 1760. The summed E-state index contributed by atoms with van der Waals surface area (Å²) in [7, 11) is 1.14. The highest BCUT2D eigenvalue weighted by molar-refractivity contribution is 6.30. The Hall–Kier alpha value is -5.48. The molecule has 11 heteroatoms. The molecule has 57 heavy (non-hydrogen) atoms. The molecule has 2 N–H and O–H groups in total. The highest BCUT2D eigenvalue weighted by Gasteiger charge is 2.37.